The van der Waals surface area contributed by atoms with Crippen molar-refractivity contribution in [1.29, 1.82) is 0 Å². The van der Waals surface area contributed by atoms with Crippen LogP contribution in [-0.4, -0.2) is 23.0 Å². The van der Waals surface area contributed by atoms with Crippen molar-refractivity contribution in [3.63, 3.8) is 0 Å². The molecule has 4 rings (SSSR count). The van der Waals surface area contributed by atoms with Crippen molar-refractivity contribution in [2.45, 2.75) is 0 Å². The lowest BCUT2D eigenvalue weighted by Gasteiger charge is -2.02. The summed E-state index contributed by atoms with van der Waals surface area (Å²) in [5.41, 5.74) is 7.15. The fourth-order valence-corrected chi connectivity index (χ4v) is 3.93. The molecule has 0 atom stereocenters. The van der Waals surface area contributed by atoms with Gasteiger partial charge in [0.05, 0.1) is 27.5 Å². The molecule has 4 aromatic rings. The van der Waals surface area contributed by atoms with E-state index >= 15 is 0 Å². The van der Waals surface area contributed by atoms with Gasteiger partial charge < -0.3 is 4.74 Å². The summed E-state index contributed by atoms with van der Waals surface area (Å²) in [6.07, 6.45) is 0. The first-order chi connectivity index (χ1) is 11.7. The van der Waals surface area contributed by atoms with Gasteiger partial charge in [-0.25, -0.2) is 9.97 Å². The summed E-state index contributed by atoms with van der Waals surface area (Å²) in [6.45, 7) is 0. The normalized spacial score (nSPS) is 10.9. The molecule has 2 aromatic carbocycles. The molecule has 0 radical (unpaired) electrons. The van der Waals surface area contributed by atoms with E-state index in [1.54, 1.807) is 7.11 Å². The molecule has 2 aromatic heterocycles. The maximum atomic E-state index is 12.2. The highest BCUT2D eigenvalue weighted by molar-refractivity contribution is 7.22. The van der Waals surface area contributed by atoms with Gasteiger partial charge in [0.1, 0.15) is 5.75 Å². The minimum absolute atomic E-state index is 0.284. The van der Waals surface area contributed by atoms with Crippen LogP contribution >= 0.6 is 22.7 Å². The lowest BCUT2D eigenvalue weighted by atomic mass is 10.3. The monoisotopic (exact) mass is 356 g/mol. The van der Waals surface area contributed by atoms with Crippen LogP contribution in [0.1, 0.15) is 9.80 Å². The Morgan fingerprint density at radius 3 is 2.71 bits per heavy atom. The number of fused-ring (bicyclic) bond motifs is 2. The van der Waals surface area contributed by atoms with Gasteiger partial charge in [-0.05, 0) is 30.3 Å². The summed E-state index contributed by atoms with van der Waals surface area (Å²) in [5.74, 6) is 0.490. The Balaban J connectivity index is 1.50. The molecule has 120 valence electrons. The van der Waals surface area contributed by atoms with Gasteiger partial charge in [-0.3, -0.25) is 15.6 Å². The number of hydrogen-bond acceptors (Lipinski definition) is 7. The molecule has 24 heavy (non-hydrogen) atoms. The first kappa shape index (κ1) is 14.9. The fourth-order valence-electron chi connectivity index (χ4n) is 2.22. The minimum atomic E-state index is -0.284. The number of rotatable bonds is 4. The molecule has 0 aliphatic rings. The summed E-state index contributed by atoms with van der Waals surface area (Å²) in [6, 6.07) is 13.3. The fraction of sp³-hybridized carbons (Fsp3) is 0.0625. The highest BCUT2D eigenvalue weighted by Crippen LogP contribution is 2.29. The Morgan fingerprint density at radius 1 is 1.04 bits per heavy atom. The molecule has 6 nitrogen and oxygen atoms in total. The topological polar surface area (TPSA) is 76.1 Å². The maximum Gasteiger partial charge on any atom is 0.298 e. The highest BCUT2D eigenvalue weighted by Gasteiger charge is 2.12. The number of benzene rings is 2. The summed E-state index contributed by atoms with van der Waals surface area (Å²) in [5, 5.41) is 1.01. The number of nitrogens with zero attached hydrogens (tertiary/aromatic N) is 2. The second-order valence-corrected chi connectivity index (χ2v) is 6.98. The molecule has 2 heterocycles. The number of anilines is 1. The van der Waals surface area contributed by atoms with Crippen LogP contribution in [0, 0.1) is 0 Å². The lowest BCUT2D eigenvalue weighted by Crippen LogP contribution is -2.29. The first-order valence-corrected chi connectivity index (χ1v) is 8.73. The predicted octanol–water partition coefficient (Wildman–Crippen LogP) is 3.67. The van der Waals surface area contributed by atoms with E-state index in [0.29, 0.717) is 10.1 Å². The Bertz CT molecular complexity index is 1010. The van der Waals surface area contributed by atoms with Gasteiger partial charge in [-0.2, -0.15) is 0 Å². The van der Waals surface area contributed by atoms with Crippen LogP contribution in [0.2, 0.25) is 0 Å². The van der Waals surface area contributed by atoms with Gasteiger partial charge in [0.15, 0.2) is 5.01 Å². The van der Waals surface area contributed by atoms with Crippen molar-refractivity contribution in [2.75, 3.05) is 12.5 Å². The first-order valence-electron chi connectivity index (χ1n) is 7.09. The van der Waals surface area contributed by atoms with Crippen LogP contribution in [0.3, 0.4) is 0 Å². The van der Waals surface area contributed by atoms with Crippen molar-refractivity contribution in [1.82, 2.24) is 15.4 Å². The average Bonchev–Trinajstić information content (AvgIpc) is 3.22. The van der Waals surface area contributed by atoms with Gasteiger partial charge >= 0.3 is 0 Å². The zero-order valence-electron chi connectivity index (χ0n) is 12.6. The zero-order valence-corrected chi connectivity index (χ0v) is 14.2. The van der Waals surface area contributed by atoms with Crippen molar-refractivity contribution in [2.24, 2.45) is 0 Å². The van der Waals surface area contributed by atoms with Crippen LogP contribution in [-0.2, 0) is 0 Å². The highest BCUT2D eigenvalue weighted by atomic mass is 32.1. The molecule has 0 fully saturated rings. The predicted molar refractivity (Wildman–Crippen MR) is 96.9 cm³/mol. The summed E-state index contributed by atoms with van der Waals surface area (Å²) in [7, 11) is 1.62. The van der Waals surface area contributed by atoms with Crippen LogP contribution in [0.5, 0.6) is 5.75 Å². The van der Waals surface area contributed by atoms with E-state index in [1.165, 1.54) is 22.7 Å². The van der Waals surface area contributed by atoms with Gasteiger partial charge in [0, 0.05) is 0 Å². The number of carbonyl (C=O) groups excluding carboxylic acids is 1. The molecule has 0 aliphatic carbocycles. The summed E-state index contributed by atoms with van der Waals surface area (Å²) < 4.78 is 7.16. The number of para-hydroxylation sites is 1. The Kier molecular flexibility index (Phi) is 3.75. The SMILES string of the molecule is COc1ccc2nc(NNC(=O)c3nc4ccccc4s3)sc2c1. The lowest BCUT2D eigenvalue weighted by molar-refractivity contribution is 0.0962. The molecule has 0 unspecified atom stereocenters. The van der Waals surface area contributed by atoms with Crippen LogP contribution in [0.25, 0.3) is 20.4 Å². The van der Waals surface area contributed by atoms with Crippen LogP contribution in [0.15, 0.2) is 42.5 Å². The average molecular weight is 356 g/mol. The number of nitrogens with one attached hydrogen (secondary N) is 2. The van der Waals surface area contributed by atoms with E-state index in [4.69, 9.17) is 4.74 Å². The molecule has 0 saturated carbocycles. The van der Waals surface area contributed by atoms with E-state index in [-0.39, 0.29) is 5.91 Å². The maximum absolute atomic E-state index is 12.2. The smallest absolute Gasteiger partial charge is 0.298 e. The minimum Gasteiger partial charge on any atom is -0.497 e. The Hall–Kier alpha value is -2.71. The standard InChI is InChI=1S/C16H12N4O2S2/c1-22-9-6-7-11-13(8-9)24-16(18-11)20-19-14(21)15-17-10-4-2-3-5-12(10)23-15/h2-8H,1H3,(H,18,20)(H,19,21). The Morgan fingerprint density at radius 2 is 1.88 bits per heavy atom. The molecular formula is C16H12N4O2S2. The van der Waals surface area contributed by atoms with E-state index in [0.717, 1.165) is 26.2 Å². The van der Waals surface area contributed by atoms with Crippen LogP contribution < -0.4 is 15.6 Å². The van der Waals surface area contributed by atoms with Crippen molar-refractivity contribution in [3.05, 3.63) is 47.5 Å². The number of ether oxygens (including phenoxy) is 1. The number of amides is 1. The number of thiazole rings is 2. The van der Waals surface area contributed by atoms with Crippen molar-refractivity contribution >= 4 is 54.1 Å². The number of carbonyl (C=O) groups is 1. The molecule has 1 amide bonds. The summed E-state index contributed by atoms with van der Waals surface area (Å²) >= 11 is 2.79. The Labute approximate surface area is 145 Å². The molecule has 0 saturated heterocycles. The van der Waals surface area contributed by atoms with E-state index in [1.807, 2.05) is 42.5 Å². The summed E-state index contributed by atoms with van der Waals surface area (Å²) in [4.78, 5) is 21.0. The largest absolute Gasteiger partial charge is 0.497 e. The molecular weight excluding hydrogens is 344 g/mol. The number of hydrogen-bond donors (Lipinski definition) is 2. The van der Waals surface area contributed by atoms with E-state index < -0.39 is 0 Å². The second kappa shape index (κ2) is 6.06. The van der Waals surface area contributed by atoms with Gasteiger partial charge in [-0.15, -0.1) is 11.3 Å². The van der Waals surface area contributed by atoms with Gasteiger partial charge in [0.2, 0.25) is 5.13 Å². The van der Waals surface area contributed by atoms with Crippen molar-refractivity contribution < 1.29 is 9.53 Å². The molecule has 0 spiro atoms. The molecule has 8 heteroatoms. The van der Waals surface area contributed by atoms with Crippen molar-refractivity contribution in [3.8, 4) is 5.75 Å². The van der Waals surface area contributed by atoms with E-state index in [9.17, 15) is 4.79 Å². The number of methoxy groups -OCH3 is 1. The number of aromatic nitrogens is 2. The third-order valence-corrected chi connectivity index (χ3v) is 5.34. The second-order valence-electron chi connectivity index (χ2n) is 4.92. The molecule has 2 N–H and O–H groups in total. The number of hydrazine groups is 1. The third-order valence-electron chi connectivity index (χ3n) is 3.37. The van der Waals surface area contributed by atoms with E-state index in [2.05, 4.69) is 20.8 Å². The zero-order chi connectivity index (χ0) is 16.5. The van der Waals surface area contributed by atoms with Gasteiger partial charge in [-0.1, -0.05) is 23.5 Å². The third kappa shape index (κ3) is 2.77. The molecule has 0 bridgehead atoms. The quantitative estimate of drug-likeness (QED) is 0.546. The van der Waals surface area contributed by atoms with Crippen LogP contribution in [0.4, 0.5) is 5.13 Å². The van der Waals surface area contributed by atoms with Gasteiger partial charge in [0.25, 0.3) is 5.91 Å². The molecule has 0 aliphatic heterocycles.